The Kier molecular flexibility index (Phi) is 5.20. The molecule has 132 valence electrons. The average molecular weight is 358 g/mol. The molecule has 1 aliphatic rings. The summed E-state index contributed by atoms with van der Waals surface area (Å²) >= 11 is 0. The van der Waals surface area contributed by atoms with Gasteiger partial charge in [0, 0.05) is 24.7 Å². The molecule has 0 aromatic heterocycles. The standard InChI is InChI=1S/C19H22N2O3S/c1-15-9-11-18(12-10-15)25(23,24)21-13-5-8-17(21)14-20-19(22)16-6-3-2-4-7-16/h2-4,6-7,9-12,17H,5,8,13-14H2,1H3,(H,20,22)/t17-/m0/s1. The molecule has 2 aromatic rings. The third-order valence-electron chi connectivity index (χ3n) is 4.48. The topological polar surface area (TPSA) is 66.5 Å². The van der Waals surface area contributed by atoms with Crippen molar-refractivity contribution < 1.29 is 13.2 Å². The number of amides is 1. The fourth-order valence-electron chi connectivity index (χ4n) is 3.08. The molecule has 0 bridgehead atoms. The van der Waals surface area contributed by atoms with E-state index in [0.717, 1.165) is 18.4 Å². The normalized spacial score (nSPS) is 18.2. The van der Waals surface area contributed by atoms with Gasteiger partial charge in [0.15, 0.2) is 0 Å². The lowest BCUT2D eigenvalue weighted by atomic mass is 10.2. The van der Waals surface area contributed by atoms with E-state index in [0.29, 0.717) is 23.5 Å². The maximum absolute atomic E-state index is 12.9. The Bertz CT molecular complexity index is 833. The predicted molar refractivity (Wildman–Crippen MR) is 96.9 cm³/mol. The van der Waals surface area contributed by atoms with Crippen molar-refractivity contribution in [3.63, 3.8) is 0 Å². The van der Waals surface area contributed by atoms with Crippen LogP contribution in [0.1, 0.15) is 28.8 Å². The van der Waals surface area contributed by atoms with E-state index in [1.54, 1.807) is 48.5 Å². The zero-order valence-corrected chi connectivity index (χ0v) is 15.0. The highest BCUT2D eigenvalue weighted by molar-refractivity contribution is 7.89. The lowest BCUT2D eigenvalue weighted by Crippen LogP contribution is -2.43. The molecule has 1 saturated heterocycles. The van der Waals surface area contributed by atoms with Crippen molar-refractivity contribution in [3.05, 3.63) is 65.7 Å². The van der Waals surface area contributed by atoms with Gasteiger partial charge in [0.05, 0.1) is 4.90 Å². The van der Waals surface area contributed by atoms with Gasteiger partial charge in [-0.1, -0.05) is 35.9 Å². The molecule has 0 spiro atoms. The first-order valence-electron chi connectivity index (χ1n) is 8.40. The molecule has 1 aliphatic heterocycles. The van der Waals surface area contributed by atoms with Crippen LogP contribution in [0.25, 0.3) is 0 Å². The number of rotatable bonds is 5. The van der Waals surface area contributed by atoms with Gasteiger partial charge in [0.25, 0.3) is 5.91 Å². The summed E-state index contributed by atoms with van der Waals surface area (Å²) in [6, 6.07) is 15.6. The number of nitrogens with zero attached hydrogens (tertiary/aromatic N) is 1. The number of nitrogens with one attached hydrogen (secondary N) is 1. The van der Waals surface area contributed by atoms with Crippen molar-refractivity contribution in [1.82, 2.24) is 9.62 Å². The highest BCUT2D eigenvalue weighted by Gasteiger charge is 2.35. The van der Waals surface area contributed by atoms with Crippen LogP contribution >= 0.6 is 0 Å². The minimum absolute atomic E-state index is 0.180. The monoisotopic (exact) mass is 358 g/mol. The lowest BCUT2D eigenvalue weighted by molar-refractivity contribution is 0.0946. The molecule has 25 heavy (non-hydrogen) atoms. The highest BCUT2D eigenvalue weighted by atomic mass is 32.2. The molecule has 1 amide bonds. The van der Waals surface area contributed by atoms with Gasteiger partial charge in [0.2, 0.25) is 10.0 Å². The Balaban J connectivity index is 1.70. The van der Waals surface area contributed by atoms with Crippen molar-refractivity contribution in [2.75, 3.05) is 13.1 Å². The van der Waals surface area contributed by atoms with Crippen molar-refractivity contribution in [2.45, 2.75) is 30.7 Å². The summed E-state index contributed by atoms with van der Waals surface area (Å²) in [7, 11) is -3.54. The Morgan fingerprint density at radius 3 is 2.48 bits per heavy atom. The largest absolute Gasteiger partial charge is 0.350 e. The van der Waals surface area contributed by atoms with Gasteiger partial charge in [0.1, 0.15) is 0 Å². The summed E-state index contributed by atoms with van der Waals surface area (Å²) in [4.78, 5) is 12.5. The summed E-state index contributed by atoms with van der Waals surface area (Å²) < 4.78 is 27.3. The van der Waals surface area contributed by atoms with E-state index in [1.165, 1.54) is 4.31 Å². The van der Waals surface area contributed by atoms with E-state index in [2.05, 4.69) is 5.32 Å². The van der Waals surface area contributed by atoms with Crippen molar-refractivity contribution in [3.8, 4) is 0 Å². The molecule has 6 heteroatoms. The molecule has 0 aliphatic carbocycles. The minimum Gasteiger partial charge on any atom is -0.350 e. The van der Waals surface area contributed by atoms with Gasteiger partial charge in [-0.15, -0.1) is 0 Å². The predicted octanol–water partition coefficient (Wildman–Crippen LogP) is 2.58. The number of hydrogen-bond acceptors (Lipinski definition) is 3. The Labute approximate surface area is 148 Å². The van der Waals surface area contributed by atoms with E-state index in [4.69, 9.17) is 0 Å². The molecule has 1 atom stereocenters. The van der Waals surface area contributed by atoms with Gasteiger partial charge in [-0.3, -0.25) is 4.79 Å². The Morgan fingerprint density at radius 1 is 1.12 bits per heavy atom. The van der Waals surface area contributed by atoms with Crippen LogP contribution in [0.2, 0.25) is 0 Å². The highest BCUT2D eigenvalue weighted by Crippen LogP contribution is 2.26. The maximum Gasteiger partial charge on any atom is 0.251 e. The van der Waals surface area contributed by atoms with E-state index in [1.807, 2.05) is 13.0 Å². The van der Waals surface area contributed by atoms with Crippen molar-refractivity contribution >= 4 is 15.9 Å². The SMILES string of the molecule is Cc1ccc(S(=O)(=O)N2CCC[C@H]2CNC(=O)c2ccccc2)cc1. The second kappa shape index (κ2) is 7.37. The molecule has 0 radical (unpaired) electrons. The average Bonchev–Trinajstić information content (AvgIpc) is 3.10. The Morgan fingerprint density at radius 2 is 1.80 bits per heavy atom. The quantitative estimate of drug-likeness (QED) is 0.893. The molecule has 1 N–H and O–H groups in total. The van der Waals surface area contributed by atoms with Gasteiger partial charge in [-0.2, -0.15) is 4.31 Å². The first-order chi connectivity index (χ1) is 12.0. The molecule has 1 fully saturated rings. The molecule has 3 rings (SSSR count). The molecular weight excluding hydrogens is 336 g/mol. The fourth-order valence-corrected chi connectivity index (χ4v) is 4.77. The molecule has 0 unspecified atom stereocenters. The summed E-state index contributed by atoms with van der Waals surface area (Å²) in [6.45, 7) is 2.73. The minimum atomic E-state index is -3.54. The smallest absolute Gasteiger partial charge is 0.251 e. The number of sulfonamides is 1. The number of aryl methyl sites for hydroxylation is 1. The van der Waals surface area contributed by atoms with Crippen LogP contribution in [-0.4, -0.2) is 37.8 Å². The molecular formula is C19H22N2O3S. The first kappa shape index (κ1) is 17.6. The lowest BCUT2D eigenvalue weighted by Gasteiger charge is -2.24. The third kappa shape index (κ3) is 3.91. The van der Waals surface area contributed by atoms with E-state index >= 15 is 0 Å². The van der Waals surface area contributed by atoms with Crippen molar-refractivity contribution in [1.29, 1.82) is 0 Å². The van der Waals surface area contributed by atoms with Crippen LogP contribution in [0, 0.1) is 6.92 Å². The van der Waals surface area contributed by atoms with E-state index in [-0.39, 0.29) is 11.9 Å². The van der Waals surface area contributed by atoms with Gasteiger partial charge in [-0.05, 0) is 44.0 Å². The Hall–Kier alpha value is -2.18. The molecule has 1 heterocycles. The molecule has 2 aromatic carbocycles. The van der Waals surface area contributed by atoms with Gasteiger partial charge >= 0.3 is 0 Å². The van der Waals surface area contributed by atoms with Crippen LogP contribution in [0.4, 0.5) is 0 Å². The number of carbonyl (C=O) groups is 1. The second-order valence-corrected chi connectivity index (χ2v) is 8.19. The first-order valence-corrected chi connectivity index (χ1v) is 9.84. The summed E-state index contributed by atoms with van der Waals surface area (Å²) in [6.07, 6.45) is 1.55. The number of carbonyl (C=O) groups excluding carboxylic acids is 1. The summed E-state index contributed by atoms with van der Waals surface area (Å²) in [5.41, 5.74) is 1.60. The van der Waals surface area contributed by atoms with Crippen LogP contribution < -0.4 is 5.32 Å². The van der Waals surface area contributed by atoms with Crippen LogP contribution in [-0.2, 0) is 10.0 Å². The molecule has 0 saturated carbocycles. The zero-order chi connectivity index (χ0) is 17.9. The zero-order valence-electron chi connectivity index (χ0n) is 14.2. The van der Waals surface area contributed by atoms with Crippen LogP contribution in [0.5, 0.6) is 0 Å². The maximum atomic E-state index is 12.9. The fraction of sp³-hybridized carbons (Fsp3) is 0.316. The van der Waals surface area contributed by atoms with Gasteiger partial charge in [-0.25, -0.2) is 8.42 Å². The van der Waals surface area contributed by atoms with Crippen molar-refractivity contribution in [2.24, 2.45) is 0 Å². The summed E-state index contributed by atoms with van der Waals surface area (Å²) in [5.74, 6) is -0.180. The van der Waals surface area contributed by atoms with Crippen LogP contribution in [0.3, 0.4) is 0 Å². The second-order valence-electron chi connectivity index (χ2n) is 6.30. The number of benzene rings is 2. The summed E-state index contributed by atoms with van der Waals surface area (Å²) in [5, 5.41) is 2.86. The van der Waals surface area contributed by atoms with E-state index < -0.39 is 10.0 Å². The number of hydrogen-bond donors (Lipinski definition) is 1. The van der Waals surface area contributed by atoms with Crippen LogP contribution in [0.15, 0.2) is 59.5 Å². The van der Waals surface area contributed by atoms with E-state index in [9.17, 15) is 13.2 Å². The third-order valence-corrected chi connectivity index (χ3v) is 6.45. The van der Waals surface area contributed by atoms with Gasteiger partial charge < -0.3 is 5.32 Å². The molecule has 5 nitrogen and oxygen atoms in total.